The highest BCUT2D eigenvalue weighted by Crippen LogP contribution is 2.28. The molecule has 35 heavy (non-hydrogen) atoms. The van der Waals surface area contributed by atoms with E-state index in [0.717, 1.165) is 31.5 Å². The van der Waals surface area contributed by atoms with Gasteiger partial charge in [0.25, 0.3) is 5.56 Å². The van der Waals surface area contributed by atoms with Crippen molar-refractivity contribution >= 4 is 33.4 Å². The topological polar surface area (TPSA) is 76.5 Å². The largest absolute Gasteiger partial charge is 0.497 e. The van der Waals surface area contributed by atoms with E-state index < -0.39 is 0 Å². The van der Waals surface area contributed by atoms with Gasteiger partial charge in [-0.2, -0.15) is 0 Å². The molecule has 0 atom stereocenters. The molecule has 2 aliphatic rings. The van der Waals surface area contributed by atoms with Gasteiger partial charge in [-0.25, -0.2) is 9.55 Å². The second kappa shape index (κ2) is 10.6. The maximum Gasteiger partial charge on any atom is 0.277 e. The third-order valence-corrected chi connectivity index (χ3v) is 7.94. The molecule has 1 amide bonds. The number of carbonyl (C=O) groups excluding carboxylic acids is 1. The Morgan fingerprint density at radius 2 is 2.09 bits per heavy atom. The third kappa shape index (κ3) is 5.12. The Balaban J connectivity index is 1.31. The smallest absolute Gasteiger partial charge is 0.277 e. The predicted octanol–water partition coefficient (Wildman–Crippen LogP) is 4.68. The van der Waals surface area contributed by atoms with Crippen molar-refractivity contribution in [1.29, 1.82) is 0 Å². The van der Waals surface area contributed by atoms with E-state index in [0.29, 0.717) is 35.0 Å². The molecule has 184 valence electrons. The number of anilines is 1. The van der Waals surface area contributed by atoms with Crippen LogP contribution in [0.3, 0.4) is 0 Å². The van der Waals surface area contributed by atoms with E-state index >= 15 is 0 Å². The van der Waals surface area contributed by atoms with Crippen LogP contribution in [0.25, 0.3) is 15.9 Å². The minimum absolute atomic E-state index is 0.00606. The van der Waals surface area contributed by atoms with Crippen LogP contribution in [-0.2, 0) is 4.79 Å². The van der Waals surface area contributed by atoms with Gasteiger partial charge < -0.3 is 15.0 Å². The Hall–Kier alpha value is -3.13. The Morgan fingerprint density at radius 3 is 2.86 bits per heavy atom. The molecule has 3 aromatic rings. The molecular weight excluding hydrogens is 460 g/mol. The maximum atomic E-state index is 13.5. The Bertz CT molecular complexity index is 1290. The van der Waals surface area contributed by atoms with E-state index in [2.05, 4.69) is 16.3 Å². The number of fused-ring (bicyclic) bond motifs is 1. The number of carbonyl (C=O) groups is 1. The maximum absolute atomic E-state index is 13.5. The normalized spacial score (nSPS) is 16.8. The number of piperidine rings is 1. The summed E-state index contributed by atoms with van der Waals surface area (Å²) in [5.41, 5.74) is 2.84. The van der Waals surface area contributed by atoms with Gasteiger partial charge in [0.05, 0.1) is 18.3 Å². The number of ether oxygens (including phenoxy) is 1. The second-order valence-electron chi connectivity index (χ2n) is 9.30. The van der Waals surface area contributed by atoms with Gasteiger partial charge in [-0.1, -0.05) is 17.7 Å². The zero-order chi connectivity index (χ0) is 24.2. The summed E-state index contributed by atoms with van der Waals surface area (Å²) >= 11 is 1.41. The lowest BCUT2D eigenvalue weighted by Crippen LogP contribution is -2.43. The van der Waals surface area contributed by atoms with Crippen molar-refractivity contribution in [1.82, 2.24) is 14.9 Å². The molecular formula is C27H32N4O3S. The van der Waals surface area contributed by atoms with Gasteiger partial charge in [0, 0.05) is 31.6 Å². The first-order valence-corrected chi connectivity index (χ1v) is 13.4. The van der Waals surface area contributed by atoms with Crippen molar-refractivity contribution in [2.45, 2.75) is 44.9 Å². The first-order valence-electron chi connectivity index (χ1n) is 12.5. The average Bonchev–Trinajstić information content (AvgIpc) is 3.38. The van der Waals surface area contributed by atoms with E-state index in [1.165, 1.54) is 42.6 Å². The lowest BCUT2D eigenvalue weighted by atomic mass is 9.95. The SMILES string of the molecule is COc1cccc(-n2c(N3CCC(C(=O)NCCC4=CCCCC4)CC3)nc3ccsc3c2=O)c1. The van der Waals surface area contributed by atoms with E-state index in [-0.39, 0.29) is 17.4 Å². The van der Waals surface area contributed by atoms with Crippen molar-refractivity contribution in [3.05, 3.63) is 57.7 Å². The number of benzene rings is 1. The van der Waals surface area contributed by atoms with Crippen LogP contribution >= 0.6 is 11.3 Å². The standard InChI is InChI=1S/C27H32N4O3S/c1-34-22-9-5-8-21(18-22)31-26(33)24-23(13-17-35-24)29-27(31)30-15-11-20(12-16-30)25(32)28-14-10-19-6-3-2-4-7-19/h5-6,8-9,13,17-18,20H,2-4,7,10-12,14-16H2,1H3,(H,28,32). The number of nitrogens with zero attached hydrogens (tertiary/aromatic N) is 3. The molecule has 1 aromatic carbocycles. The summed E-state index contributed by atoms with van der Waals surface area (Å²) in [6.07, 6.45) is 9.68. The molecule has 3 heterocycles. The fraction of sp³-hybridized carbons (Fsp3) is 0.444. The Labute approximate surface area is 209 Å². The lowest BCUT2D eigenvalue weighted by Gasteiger charge is -2.33. The lowest BCUT2D eigenvalue weighted by molar-refractivity contribution is -0.125. The minimum Gasteiger partial charge on any atom is -0.497 e. The van der Waals surface area contributed by atoms with Crippen LogP contribution in [0, 0.1) is 5.92 Å². The number of hydrogen-bond acceptors (Lipinski definition) is 6. The van der Waals surface area contributed by atoms with Gasteiger partial charge in [-0.15, -0.1) is 11.3 Å². The molecule has 2 aromatic heterocycles. The molecule has 1 fully saturated rings. The van der Waals surface area contributed by atoms with Crippen LogP contribution in [0.15, 0.2) is 52.2 Å². The first-order chi connectivity index (χ1) is 17.1. The molecule has 0 radical (unpaired) electrons. The molecule has 1 aliphatic carbocycles. The summed E-state index contributed by atoms with van der Waals surface area (Å²) in [7, 11) is 1.62. The minimum atomic E-state index is -0.0786. The van der Waals surface area contributed by atoms with Crippen LogP contribution in [0.5, 0.6) is 5.75 Å². The van der Waals surface area contributed by atoms with Crippen molar-refractivity contribution in [2.75, 3.05) is 31.6 Å². The number of nitrogens with one attached hydrogen (secondary N) is 1. The number of aromatic nitrogens is 2. The third-order valence-electron chi connectivity index (χ3n) is 7.05. The Kier molecular flexibility index (Phi) is 7.18. The summed E-state index contributed by atoms with van der Waals surface area (Å²) < 4.78 is 7.71. The van der Waals surface area contributed by atoms with E-state index in [1.54, 1.807) is 11.7 Å². The number of hydrogen-bond donors (Lipinski definition) is 1. The average molecular weight is 493 g/mol. The molecule has 1 saturated heterocycles. The van der Waals surface area contributed by atoms with Gasteiger partial charge in [-0.3, -0.25) is 9.59 Å². The predicted molar refractivity (Wildman–Crippen MR) is 141 cm³/mol. The van der Waals surface area contributed by atoms with Crippen LogP contribution in [-0.4, -0.2) is 42.2 Å². The second-order valence-corrected chi connectivity index (χ2v) is 10.2. The summed E-state index contributed by atoms with van der Waals surface area (Å²) in [5.74, 6) is 1.45. The summed E-state index contributed by atoms with van der Waals surface area (Å²) in [4.78, 5) is 33.3. The van der Waals surface area contributed by atoms with Crippen molar-refractivity contribution in [2.24, 2.45) is 5.92 Å². The molecule has 7 nitrogen and oxygen atoms in total. The van der Waals surface area contributed by atoms with Crippen LogP contribution in [0.1, 0.15) is 44.9 Å². The molecule has 0 bridgehead atoms. The summed E-state index contributed by atoms with van der Waals surface area (Å²) in [6.45, 7) is 2.07. The number of allylic oxidation sites excluding steroid dienone is 1. The molecule has 0 spiro atoms. The van der Waals surface area contributed by atoms with Crippen LogP contribution in [0.4, 0.5) is 5.95 Å². The van der Waals surface area contributed by atoms with E-state index in [1.807, 2.05) is 35.7 Å². The number of thiophene rings is 1. The molecule has 5 rings (SSSR count). The van der Waals surface area contributed by atoms with Gasteiger partial charge in [0.15, 0.2) is 0 Å². The van der Waals surface area contributed by atoms with Gasteiger partial charge >= 0.3 is 0 Å². The summed E-state index contributed by atoms with van der Waals surface area (Å²) in [5, 5.41) is 5.05. The number of amides is 1. The molecule has 1 aliphatic heterocycles. The van der Waals surface area contributed by atoms with Gasteiger partial charge in [0.1, 0.15) is 10.4 Å². The number of methoxy groups -OCH3 is 1. The van der Waals surface area contributed by atoms with Crippen LogP contribution < -0.4 is 20.5 Å². The molecule has 8 heteroatoms. The monoisotopic (exact) mass is 492 g/mol. The van der Waals surface area contributed by atoms with Crippen molar-refractivity contribution < 1.29 is 9.53 Å². The van der Waals surface area contributed by atoms with E-state index in [4.69, 9.17) is 9.72 Å². The first kappa shape index (κ1) is 23.6. The highest BCUT2D eigenvalue weighted by atomic mass is 32.1. The zero-order valence-electron chi connectivity index (χ0n) is 20.2. The Morgan fingerprint density at radius 1 is 1.23 bits per heavy atom. The fourth-order valence-electron chi connectivity index (χ4n) is 5.06. The van der Waals surface area contributed by atoms with Gasteiger partial charge in [0.2, 0.25) is 11.9 Å². The zero-order valence-corrected chi connectivity index (χ0v) is 21.0. The molecule has 0 unspecified atom stereocenters. The van der Waals surface area contributed by atoms with Crippen molar-refractivity contribution in [3.63, 3.8) is 0 Å². The molecule has 1 N–H and O–H groups in total. The number of rotatable bonds is 7. The van der Waals surface area contributed by atoms with Gasteiger partial charge in [-0.05, 0) is 68.5 Å². The van der Waals surface area contributed by atoms with Crippen LogP contribution in [0.2, 0.25) is 0 Å². The molecule has 0 saturated carbocycles. The fourth-order valence-corrected chi connectivity index (χ4v) is 5.82. The van der Waals surface area contributed by atoms with Crippen molar-refractivity contribution in [3.8, 4) is 11.4 Å². The summed E-state index contributed by atoms with van der Waals surface area (Å²) in [6, 6.07) is 9.39. The highest BCUT2D eigenvalue weighted by Gasteiger charge is 2.28. The van der Waals surface area contributed by atoms with E-state index in [9.17, 15) is 9.59 Å². The quantitative estimate of drug-likeness (QED) is 0.485. The highest BCUT2D eigenvalue weighted by molar-refractivity contribution is 7.17.